The van der Waals surface area contributed by atoms with Gasteiger partial charge in [-0.25, -0.2) is 0 Å². The molecule has 1 saturated heterocycles. The molecule has 4 nitrogen and oxygen atoms in total. The lowest BCUT2D eigenvalue weighted by molar-refractivity contribution is -0.123. The number of piperidine rings is 1. The van der Waals surface area contributed by atoms with E-state index in [9.17, 15) is 9.90 Å². The Morgan fingerprint density at radius 1 is 1.09 bits per heavy atom. The predicted octanol–water partition coefficient (Wildman–Crippen LogP) is 2.32. The van der Waals surface area contributed by atoms with Crippen LogP contribution in [0.3, 0.4) is 0 Å². The molecule has 0 radical (unpaired) electrons. The molecule has 2 fully saturated rings. The van der Waals surface area contributed by atoms with Gasteiger partial charge in [0.2, 0.25) is 5.91 Å². The second kappa shape index (κ2) is 7.25. The van der Waals surface area contributed by atoms with Crippen molar-refractivity contribution < 1.29 is 9.90 Å². The van der Waals surface area contributed by atoms with Crippen LogP contribution >= 0.6 is 0 Å². The van der Waals surface area contributed by atoms with Gasteiger partial charge in [0.05, 0.1) is 12.0 Å². The van der Waals surface area contributed by atoms with Gasteiger partial charge in [0.25, 0.3) is 0 Å². The fourth-order valence-corrected chi connectivity index (χ4v) is 3.68. The van der Waals surface area contributed by atoms with Crippen LogP contribution in [0.4, 0.5) is 5.69 Å². The smallest absolute Gasteiger partial charge is 0.231 e. The first kappa shape index (κ1) is 15.5. The van der Waals surface area contributed by atoms with Crippen LogP contribution in [0, 0.1) is 5.92 Å². The number of carbonyl (C=O) groups is 1. The third-order valence-electron chi connectivity index (χ3n) is 4.95. The van der Waals surface area contributed by atoms with Crippen LogP contribution in [0.25, 0.3) is 0 Å². The summed E-state index contributed by atoms with van der Waals surface area (Å²) in [5.41, 5.74) is 1.000. The van der Waals surface area contributed by atoms with E-state index in [1.807, 2.05) is 35.2 Å². The van der Waals surface area contributed by atoms with Crippen LogP contribution < -0.4 is 10.2 Å². The molecule has 0 bridgehead atoms. The molecular weight excluding hydrogens is 276 g/mol. The zero-order chi connectivity index (χ0) is 15.4. The van der Waals surface area contributed by atoms with Crippen molar-refractivity contribution in [1.29, 1.82) is 0 Å². The summed E-state index contributed by atoms with van der Waals surface area (Å²) in [6.45, 7) is 1.81. The van der Waals surface area contributed by atoms with Gasteiger partial charge in [0, 0.05) is 18.3 Å². The highest BCUT2D eigenvalue weighted by atomic mass is 16.3. The summed E-state index contributed by atoms with van der Waals surface area (Å²) in [5, 5.41) is 13.1. The lowest BCUT2D eigenvalue weighted by Gasteiger charge is -2.38. The number of hydrogen-bond donors (Lipinski definition) is 2. The molecule has 1 heterocycles. The van der Waals surface area contributed by atoms with E-state index >= 15 is 0 Å². The predicted molar refractivity (Wildman–Crippen MR) is 87.8 cm³/mol. The summed E-state index contributed by atoms with van der Waals surface area (Å²) in [5.74, 6) is 0.334. The minimum absolute atomic E-state index is 0.0841. The van der Waals surface area contributed by atoms with Crippen molar-refractivity contribution in [2.24, 2.45) is 5.92 Å². The van der Waals surface area contributed by atoms with Crippen molar-refractivity contribution in [3.63, 3.8) is 0 Å². The molecule has 1 aliphatic heterocycles. The van der Waals surface area contributed by atoms with Crippen molar-refractivity contribution >= 4 is 11.6 Å². The van der Waals surface area contributed by atoms with Gasteiger partial charge in [-0.3, -0.25) is 4.79 Å². The zero-order valence-electron chi connectivity index (χ0n) is 13.1. The minimum atomic E-state index is -0.194. The summed E-state index contributed by atoms with van der Waals surface area (Å²) in [7, 11) is 0. The number of nitrogens with one attached hydrogen (secondary N) is 1. The van der Waals surface area contributed by atoms with E-state index < -0.39 is 0 Å². The number of hydrogen-bond acceptors (Lipinski definition) is 3. The fraction of sp³-hybridized carbons (Fsp3) is 0.611. The van der Waals surface area contributed by atoms with Crippen molar-refractivity contribution in [3.05, 3.63) is 30.3 Å². The number of carbonyl (C=O) groups excluding carboxylic acids is 1. The zero-order valence-corrected chi connectivity index (χ0v) is 13.1. The van der Waals surface area contributed by atoms with E-state index in [1.165, 1.54) is 0 Å². The Morgan fingerprint density at radius 3 is 2.45 bits per heavy atom. The summed E-state index contributed by atoms with van der Waals surface area (Å²) in [4.78, 5) is 15.1. The van der Waals surface area contributed by atoms with Crippen LogP contribution in [0.5, 0.6) is 0 Å². The van der Waals surface area contributed by atoms with E-state index in [4.69, 9.17) is 0 Å². The molecule has 1 aromatic rings. The molecule has 0 unspecified atom stereocenters. The number of benzene rings is 1. The SMILES string of the molecule is O=C([C@H]1CCCNC1)N(c1ccccc1)[C@H]1CC[C@H](O)CC1. The molecule has 1 amide bonds. The Hall–Kier alpha value is -1.39. The fourth-order valence-electron chi connectivity index (χ4n) is 3.68. The number of rotatable bonds is 3. The molecular formula is C18H26N2O2. The second-order valence-electron chi connectivity index (χ2n) is 6.55. The highest BCUT2D eigenvalue weighted by Gasteiger charge is 2.33. The molecule has 1 aromatic carbocycles. The molecule has 1 saturated carbocycles. The first-order valence-electron chi connectivity index (χ1n) is 8.52. The maximum atomic E-state index is 13.1. The van der Waals surface area contributed by atoms with Gasteiger partial charge in [0.1, 0.15) is 0 Å². The van der Waals surface area contributed by atoms with Crippen LogP contribution in [0.15, 0.2) is 30.3 Å². The van der Waals surface area contributed by atoms with Gasteiger partial charge in [-0.15, -0.1) is 0 Å². The molecule has 0 spiro atoms. The lowest BCUT2D eigenvalue weighted by Crippen LogP contribution is -2.49. The summed E-state index contributed by atoms with van der Waals surface area (Å²) in [6, 6.07) is 10.2. The van der Waals surface area contributed by atoms with Gasteiger partial charge in [-0.1, -0.05) is 18.2 Å². The average Bonchev–Trinajstić information content (AvgIpc) is 2.58. The number of aliphatic hydroxyl groups excluding tert-OH is 1. The third-order valence-corrected chi connectivity index (χ3v) is 4.95. The largest absolute Gasteiger partial charge is 0.393 e. The van der Waals surface area contributed by atoms with E-state index in [2.05, 4.69) is 5.32 Å². The molecule has 4 heteroatoms. The number of amides is 1. The molecule has 2 N–H and O–H groups in total. The van der Waals surface area contributed by atoms with Crippen molar-refractivity contribution in [3.8, 4) is 0 Å². The molecule has 120 valence electrons. The average molecular weight is 302 g/mol. The van der Waals surface area contributed by atoms with Crippen LogP contribution in [0.1, 0.15) is 38.5 Å². The number of para-hydroxylation sites is 1. The Labute approximate surface area is 132 Å². The maximum absolute atomic E-state index is 13.1. The van der Waals surface area contributed by atoms with Gasteiger partial charge in [0.15, 0.2) is 0 Å². The minimum Gasteiger partial charge on any atom is -0.393 e. The number of anilines is 1. The van der Waals surface area contributed by atoms with Crippen LogP contribution in [-0.2, 0) is 4.79 Å². The molecule has 1 aliphatic carbocycles. The Balaban J connectivity index is 1.81. The van der Waals surface area contributed by atoms with E-state index in [0.29, 0.717) is 0 Å². The molecule has 22 heavy (non-hydrogen) atoms. The highest BCUT2D eigenvalue weighted by Crippen LogP contribution is 2.30. The van der Waals surface area contributed by atoms with Gasteiger partial charge in [-0.2, -0.15) is 0 Å². The maximum Gasteiger partial charge on any atom is 0.231 e. The molecule has 3 rings (SSSR count). The van der Waals surface area contributed by atoms with E-state index in [1.54, 1.807) is 0 Å². The quantitative estimate of drug-likeness (QED) is 0.901. The van der Waals surface area contributed by atoms with Gasteiger partial charge >= 0.3 is 0 Å². The normalized spacial score (nSPS) is 29.0. The highest BCUT2D eigenvalue weighted by molar-refractivity contribution is 5.95. The Bertz CT molecular complexity index is 477. The van der Waals surface area contributed by atoms with Crippen molar-refractivity contribution in [2.45, 2.75) is 50.7 Å². The Kier molecular flexibility index (Phi) is 5.11. The third kappa shape index (κ3) is 3.50. The number of nitrogens with zero attached hydrogens (tertiary/aromatic N) is 1. The molecule has 1 atom stereocenters. The summed E-state index contributed by atoms with van der Waals surface area (Å²) in [6.07, 6.45) is 5.23. The Morgan fingerprint density at radius 2 is 1.82 bits per heavy atom. The van der Waals surface area contributed by atoms with Gasteiger partial charge in [-0.05, 0) is 57.2 Å². The second-order valence-corrected chi connectivity index (χ2v) is 6.55. The molecule has 0 aromatic heterocycles. The molecule has 2 aliphatic rings. The standard InChI is InChI=1S/C18H26N2O2/c21-17-10-8-16(9-11-17)20(15-6-2-1-3-7-15)18(22)14-5-4-12-19-13-14/h1-3,6-7,14,16-17,19,21H,4-5,8-13H2/t14-,16-,17-/m0/s1. The first-order valence-corrected chi connectivity index (χ1v) is 8.52. The lowest BCUT2D eigenvalue weighted by atomic mass is 9.89. The summed E-state index contributed by atoms with van der Waals surface area (Å²) >= 11 is 0. The van der Waals surface area contributed by atoms with Crippen molar-refractivity contribution in [2.75, 3.05) is 18.0 Å². The van der Waals surface area contributed by atoms with E-state index in [-0.39, 0.29) is 24.0 Å². The van der Waals surface area contributed by atoms with Crippen LogP contribution in [0.2, 0.25) is 0 Å². The topological polar surface area (TPSA) is 52.6 Å². The summed E-state index contributed by atoms with van der Waals surface area (Å²) < 4.78 is 0. The first-order chi connectivity index (χ1) is 10.8. The van der Waals surface area contributed by atoms with Crippen LogP contribution in [-0.4, -0.2) is 36.2 Å². The van der Waals surface area contributed by atoms with Crippen molar-refractivity contribution in [1.82, 2.24) is 5.32 Å². The van der Waals surface area contributed by atoms with Gasteiger partial charge < -0.3 is 15.3 Å². The van der Waals surface area contributed by atoms with E-state index in [0.717, 1.165) is 57.3 Å². The monoisotopic (exact) mass is 302 g/mol. The number of aliphatic hydroxyl groups is 1.